The van der Waals surface area contributed by atoms with Gasteiger partial charge in [-0.1, -0.05) is 0 Å². The predicted molar refractivity (Wildman–Crippen MR) is 45.1 cm³/mol. The zero-order valence-electron chi connectivity index (χ0n) is 7.55. The van der Waals surface area contributed by atoms with E-state index in [9.17, 15) is 17.6 Å². The van der Waals surface area contributed by atoms with E-state index in [0.29, 0.717) is 13.2 Å². The Hall–Kier alpha value is -0.770. The Morgan fingerprint density at radius 3 is 2.53 bits per heavy atom. The van der Waals surface area contributed by atoms with E-state index < -0.39 is 27.8 Å². The Labute approximate surface area is 85.3 Å². The SMILES string of the molecule is O=C(NCC1OCCO1)C(F)S(=O)(=O)O. The van der Waals surface area contributed by atoms with Gasteiger partial charge in [-0.05, 0) is 0 Å². The molecule has 0 aromatic heterocycles. The summed E-state index contributed by atoms with van der Waals surface area (Å²) in [6, 6.07) is 0. The number of halogens is 1. The Bertz CT molecular complexity index is 325. The van der Waals surface area contributed by atoms with Crippen LogP contribution < -0.4 is 5.32 Å². The molecular formula is C6H10FNO6S. The Morgan fingerprint density at radius 1 is 1.53 bits per heavy atom. The molecule has 7 nitrogen and oxygen atoms in total. The molecule has 0 spiro atoms. The van der Waals surface area contributed by atoms with E-state index in [1.165, 1.54) is 0 Å². The Morgan fingerprint density at radius 2 is 2.07 bits per heavy atom. The van der Waals surface area contributed by atoms with E-state index in [1.54, 1.807) is 0 Å². The summed E-state index contributed by atoms with van der Waals surface area (Å²) in [6.07, 6.45) is -0.706. The fraction of sp³-hybridized carbons (Fsp3) is 0.833. The van der Waals surface area contributed by atoms with Crippen molar-refractivity contribution in [3.05, 3.63) is 0 Å². The van der Waals surface area contributed by atoms with Gasteiger partial charge in [0.1, 0.15) is 0 Å². The van der Waals surface area contributed by atoms with Gasteiger partial charge in [-0.15, -0.1) is 0 Å². The van der Waals surface area contributed by atoms with E-state index in [2.05, 4.69) is 0 Å². The average molecular weight is 243 g/mol. The lowest BCUT2D eigenvalue weighted by atomic mass is 10.5. The highest BCUT2D eigenvalue weighted by atomic mass is 32.2. The normalized spacial score (nSPS) is 20.1. The minimum absolute atomic E-state index is 0.172. The van der Waals surface area contributed by atoms with Gasteiger partial charge in [0.2, 0.25) is 0 Å². The Balaban J connectivity index is 2.35. The number of hydrogen-bond acceptors (Lipinski definition) is 5. The minimum atomic E-state index is -5.01. The minimum Gasteiger partial charge on any atom is -0.348 e. The first-order valence-corrected chi connectivity index (χ1v) is 5.53. The van der Waals surface area contributed by atoms with Crippen molar-refractivity contribution in [1.29, 1.82) is 0 Å². The molecule has 0 saturated carbocycles. The van der Waals surface area contributed by atoms with E-state index in [-0.39, 0.29) is 6.54 Å². The molecule has 1 aliphatic heterocycles. The fourth-order valence-electron chi connectivity index (χ4n) is 0.925. The van der Waals surface area contributed by atoms with Crippen molar-refractivity contribution in [3.8, 4) is 0 Å². The van der Waals surface area contributed by atoms with Crippen molar-refractivity contribution in [2.75, 3.05) is 19.8 Å². The molecule has 1 fully saturated rings. The summed E-state index contributed by atoms with van der Waals surface area (Å²) < 4.78 is 51.1. The molecule has 15 heavy (non-hydrogen) atoms. The van der Waals surface area contributed by atoms with Crippen LogP contribution in [0.1, 0.15) is 0 Å². The quantitative estimate of drug-likeness (QED) is 0.592. The van der Waals surface area contributed by atoms with Gasteiger partial charge in [0.25, 0.3) is 5.91 Å². The molecule has 0 bridgehead atoms. The highest BCUT2D eigenvalue weighted by molar-refractivity contribution is 7.87. The summed E-state index contributed by atoms with van der Waals surface area (Å²) in [5.41, 5.74) is -2.99. The summed E-state index contributed by atoms with van der Waals surface area (Å²) in [7, 11) is -5.01. The molecule has 0 aromatic carbocycles. The number of nitrogens with one attached hydrogen (secondary N) is 1. The first-order chi connectivity index (χ1) is 6.91. The summed E-state index contributed by atoms with van der Waals surface area (Å²) in [5.74, 6) is -1.45. The van der Waals surface area contributed by atoms with Crippen LogP contribution in [0, 0.1) is 0 Å². The van der Waals surface area contributed by atoms with Crippen molar-refractivity contribution >= 4 is 16.0 Å². The third-order valence-electron chi connectivity index (χ3n) is 1.60. The van der Waals surface area contributed by atoms with Crippen LogP contribution >= 0.6 is 0 Å². The Kier molecular flexibility index (Phi) is 3.97. The van der Waals surface area contributed by atoms with Crippen molar-refractivity contribution < 1.29 is 31.6 Å². The average Bonchev–Trinajstić information content (AvgIpc) is 2.63. The van der Waals surface area contributed by atoms with Crippen LogP contribution in [-0.4, -0.2) is 50.4 Å². The summed E-state index contributed by atoms with van der Waals surface area (Å²) in [4.78, 5) is 10.8. The first kappa shape index (κ1) is 12.3. The van der Waals surface area contributed by atoms with E-state index in [4.69, 9.17) is 14.0 Å². The van der Waals surface area contributed by atoms with Crippen LogP contribution in [0.2, 0.25) is 0 Å². The molecule has 1 atom stereocenters. The topological polar surface area (TPSA) is 102 Å². The van der Waals surface area contributed by atoms with Crippen molar-refractivity contribution in [2.24, 2.45) is 0 Å². The van der Waals surface area contributed by atoms with Gasteiger partial charge in [-0.25, -0.2) is 4.39 Å². The second-order valence-corrected chi connectivity index (χ2v) is 4.19. The number of ether oxygens (including phenoxy) is 2. The molecule has 1 rings (SSSR count). The number of rotatable bonds is 4. The van der Waals surface area contributed by atoms with Crippen LogP contribution in [0.25, 0.3) is 0 Å². The maximum Gasteiger partial charge on any atom is 0.307 e. The lowest BCUT2D eigenvalue weighted by Crippen LogP contribution is -2.40. The molecule has 0 aromatic rings. The van der Waals surface area contributed by atoms with Crippen molar-refractivity contribution in [3.63, 3.8) is 0 Å². The molecule has 2 N–H and O–H groups in total. The van der Waals surface area contributed by atoms with Gasteiger partial charge in [0.05, 0.1) is 19.8 Å². The van der Waals surface area contributed by atoms with Crippen LogP contribution in [0.15, 0.2) is 0 Å². The fourth-order valence-corrected chi connectivity index (χ4v) is 1.28. The molecule has 9 heteroatoms. The zero-order valence-corrected chi connectivity index (χ0v) is 8.37. The molecule has 0 aliphatic carbocycles. The van der Waals surface area contributed by atoms with Gasteiger partial charge < -0.3 is 14.8 Å². The predicted octanol–water partition coefficient (Wildman–Crippen LogP) is -1.34. The number of alkyl halides is 1. The molecule has 1 amide bonds. The maximum atomic E-state index is 12.6. The largest absolute Gasteiger partial charge is 0.348 e. The van der Waals surface area contributed by atoms with E-state index >= 15 is 0 Å². The summed E-state index contributed by atoms with van der Waals surface area (Å²) in [5, 5.41) is 1.93. The third kappa shape index (κ3) is 3.70. The van der Waals surface area contributed by atoms with Gasteiger partial charge >= 0.3 is 15.6 Å². The molecule has 1 saturated heterocycles. The molecular weight excluding hydrogens is 233 g/mol. The second kappa shape index (κ2) is 4.84. The van der Waals surface area contributed by atoms with Gasteiger partial charge in [0.15, 0.2) is 6.29 Å². The van der Waals surface area contributed by atoms with Gasteiger partial charge in [-0.3, -0.25) is 9.35 Å². The smallest absolute Gasteiger partial charge is 0.307 e. The van der Waals surface area contributed by atoms with Crippen LogP contribution in [0.5, 0.6) is 0 Å². The molecule has 0 radical (unpaired) electrons. The lowest BCUT2D eigenvalue weighted by molar-refractivity contribution is -0.125. The van der Waals surface area contributed by atoms with Crippen LogP contribution in [-0.2, 0) is 24.4 Å². The molecule has 1 aliphatic rings. The van der Waals surface area contributed by atoms with Crippen LogP contribution in [0.4, 0.5) is 4.39 Å². The standard InChI is InChI=1S/C6H10FNO6S/c7-5(15(10,11)12)6(9)8-3-4-13-1-2-14-4/h4-5H,1-3H2,(H,8,9)(H,10,11,12). The second-order valence-electron chi connectivity index (χ2n) is 2.75. The number of hydrogen-bond donors (Lipinski definition) is 2. The summed E-state index contributed by atoms with van der Waals surface area (Å²) in [6.45, 7) is 0.546. The zero-order chi connectivity index (χ0) is 11.5. The summed E-state index contributed by atoms with van der Waals surface area (Å²) >= 11 is 0. The van der Waals surface area contributed by atoms with E-state index in [0.717, 1.165) is 0 Å². The number of carbonyl (C=O) groups excluding carboxylic acids is 1. The van der Waals surface area contributed by atoms with Crippen molar-refractivity contribution in [1.82, 2.24) is 5.32 Å². The van der Waals surface area contributed by atoms with Gasteiger partial charge in [-0.2, -0.15) is 8.42 Å². The maximum absolute atomic E-state index is 12.6. The van der Waals surface area contributed by atoms with Gasteiger partial charge in [0, 0.05) is 0 Å². The van der Waals surface area contributed by atoms with Crippen molar-refractivity contribution in [2.45, 2.75) is 11.8 Å². The molecule has 1 heterocycles. The lowest BCUT2D eigenvalue weighted by Gasteiger charge is -2.11. The number of amides is 1. The van der Waals surface area contributed by atoms with Crippen LogP contribution in [0.3, 0.4) is 0 Å². The third-order valence-corrected chi connectivity index (χ3v) is 2.34. The highest BCUT2D eigenvalue weighted by Gasteiger charge is 2.31. The molecule has 88 valence electrons. The first-order valence-electron chi connectivity index (χ1n) is 4.02. The molecule has 1 unspecified atom stereocenters. The monoisotopic (exact) mass is 243 g/mol. The number of carbonyl (C=O) groups is 1. The highest BCUT2D eigenvalue weighted by Crippen LogP contribution is 2.03. The van der Waals surface area contributed by atoms with E-state index in [1.807, 2.05) is 5.32 Å².